The van der Waals surface area contributed by atoms with E-state index in [0.29, 0.717) is 56.7 Å². The lowest BCUT2D eigenvalue weighted by atomic mass is 9.76. The summed E-state index contributed by atoms with van der Waals surface area (Å²) in [7, 11) is 4.32. The second-order valence-corrected chi connectivity index (χ2v) is 11.5. The smallest absolute Gasteiger partial charge is 0.406 e. The van der Waals surface area contributed by atoms with Gasteiger partial charge in [0.1, 0.15) is 16.7 Å². The monoisotopic (exact) mass is 638 g/mol. The highest BCUT2D eigenvalue weighted by Gasteiger charge is 2.61. The van der Waals surface area contributed by atoms with Crippen molar-refractivity contribution < 1.29 is 45.8 Å². The Morgan fingerprint density at radius 1 is 1.07 bits per heavy atom. The Balaban J connectivity index is 1.62. The van der Waals surface area contributed by atoms with E-state index in [-0.39, 0.29) is 28.6 Å². The number of pyridine rings is 1. The fraction of sp³-hybridized carbons (Fsp3) is 0.536. The summed E-state index contributed by atoms with van der Waals surface area (Å²) < 4.78 is 83.6. The fourth-order valence-corrected chi connectivity index (χ4v) is 5.20. The Bertz CT molecular complexity index is 1310. The molecule has 0 radical (unpaired) electrons. The van der Waals surface area contributed by atoms with E-state index in [1.807, 2.05) is 11.8 Å². The van der Waals surface area contributed by atoms with E-state index in [0.717, 1.165) is 24.1 Å². The van der Waals surface area contributed by atoms with Gasteiger partial charge in [-0.25, -0.2) is 4.98 Å². The zero-order valence-corrected chi connectivity index (χ0v) is 24.8. The molecule has 1 atom stereocenters. The SMILES string of the molecule is CN(C)C(=O)c1ccc(N2CCC(C)(CCCN(C)C(=O)C(O)(c3cccc(OC(F)(F)F)c3)C(F)(F)F)CC2)nc1Cl. The first-order valence-electron chi connectivity index (χ1n) is 13.3. The highest BCUT2D eigenvalue weighted by molar-refractivity contribution is 6.32. The van der Waals surface area contributed by atoms with Crippen LogP contribution < -0.4 is 9.64 Å². The summed E-state index contributed by atoms with van der Waals surface area (Å²) in [6.07, 6.45) is -8.41. The molecule has 1 N–H and O–H groups in total. The summed E-state index contributed by atoms with van der Waals surface area (Å²) in [5.41, 5.74) is -5.08. The molecular formula is C28H33ClF6N4O4. The van der Waals surface area contributed by atoms with Gasteiger partial charge in [-0.3, -0.25) is 9.59 Å². The van der Waals surface area contributed by atoms with Crippen molar-refractivity contribution in [1.82, 2.24) is 14.8 Å². The maximum absolute atomic E-state index is 14.0. The Morgan fingerprint density at radius 3 is 2.23 bits per heavy atom. The summed E-state index contributed by atoms with van der Waals surface area (Å²) in [6, 6.07) is 5.99. The largest absolute Gasteiger partial charge is 0.573 e. The third-order valence-electron chi connectivity index (χ3n) is 7.59. The number of hydrogen-bond acceptors (Lipinski definition) is 6. The fourth-order valence-electron chi connectivity index (χ4n) is 4.97. The molecule has 1 unspecified atom stereocenters. The van der Waals surface area contributed by atoms with Crippen LogP contribution in [0.3, 0.4) is 0 Å². The Morgan fingerprint density at radius 2 is 1.70 bits per heavy atom. The number of carbonyl (C=O) groups excluding carboxylic acids is 2. The zero-order valence-electron chi connectivity index (χ0n) is 24.0. The van der Waals surface area contributed by atoms with Crippen LogP contribution in [0.15, 0.2) is 36.4 Å². The number of nitrogens with zero attached hydrogens (tertiary/aromatic N) is 4. The summed E-state index contributed by atoms with van der Waals surface area (Å²) >= 11 is 6.24. The summed E-state index contributed by atoms with van der Waals surface area (Å²) in [5.74, 6) is -2.37. The molecule has 238 valence electrons. The van der Waals surface area contributed by atoms with Crippen molar-refractivity contribution in [1.29, 1.82) is 0 Å². The number of benzene rings is 1. The maximum Gasteiger partial charge on any atom is 0.573 e. The number of ether oxygens (including phenoxy) is 1. The van der Waals surface area contributed by atoms with Crippen LogP contribution in [-0.2, 0) is 10.4 Å². The van der Waals surface area contributed by atoms with E-state index < -0.39 is 35.4 Å². The molecule has 1 aliphatic rings. The molecule has 1 saturated heterocycles. The minimum Gasteiger partial charge on any atom is -0.406 e. The van der Waals surface area contributed by atoms with Gasteiger partial charge in [0.25, 0.3) is 17.4 Å². The third kappa shape index (κ3) is 8.02. The van der Waals surface area contributed by atoms with Crippen LogP contribution in [-0.4, -0.2) is 85.0 Å². The van der Waals surface area contributed by atoms with Gasteiger partial charge in [-0.15, -0.1) is 13.2 Å². The minimum absolute atomic E-state index is 0.0932. The molecule has 1 aromatic heterocycles. The molecule has 1 aliphatic heterocycles. The highest BCUT2D eigenvalue weighted by atomic mass is 35.5. The van der Waals surface area contributed by atoms with Crippen LogP contribution in [0.1, 0.15) is 48.5 Å². The second-order valence-electron chi connectivity index (χ2n) is 11.1. The first-order valence-corrected chi connectivity index (χ1v) is 13.7. The quantitative estimate of drug-likeness (QED) is 0.283. The van der Waals surface area contributed by atoms with Crippen molar-refractivity contribution >= 4 is 29.2 Å². The van der Waals surface area contributed by atoms with Gasteiger partial charge in [0, 0.05) is 46.3 Å². The number of amides is 2. The van der Waals surface area contributed by atoms with Crippen LogP contribution >= 0.6 is 11.6 Å². The van der Waals surface area contributed by atoms with E-state index in [1.54, 1.807) is 26.2 Å². The topological polar surface area (TPSA) is 86.2 Å². The van der Waals surface area contributed by atoms with E-state index in [2.05, 4.69) is 9.72 Å². The first-order chi connectivity index (χ1) is 19.8. The number of aliphatic hydroxyl groups is 1. The number of aromatic nitrogens is 1. The van der Waals surface area contributed by atoms with E-state index in [9.17, 15) is 41.0 Å². The molecule has 43 heavy (non-hydrogen) atoms. The minimum atomic E-state index is -5.52. The van der Waals surface area contributed by atoms with E-state index >= 15 is 0 Å². The average Bonchev–Trinajstić information content (AvgIpc) is 2.90. The maximum atomic E-state index is 14.0. The van der Waals surface area contributed by atoms with Gasteiger partial charge in [0.2, 0.25) is 0 Å². The molecular weight excluding hydrogens is 606 g/mol. The average molecular weight is 639 g/mol. The number of alkyl halides is 6. The van der Waals surface area contributed by atoms with Crippen LogP contribution in [0.25, 0.3) is 0 Å². The van der Waals surface area contributed by atoms with Crippen molar-refractivity contribution in [3.8, 4) is 5.75 Å². The molecule has 1 aromatic carbocycles. The molecule has 0 bridgehead atoms. The van der Waals surface area contributed by atoms with Gasteiger partial charge in [0.05, 0.1) is 5.56 Å². The summed E-state index contributed by atoms with van der Waals surface area (Å²) in [4.78, 5) is 33.7. The standard InChI is InChI=1S/C28H33ClF6N4O4/c1-25(12-15-39(16-13-25)21-10-9-20(22(29)36-21)23(40)37(2)3)11-6-14-38(4)24(41)26(42,27(30,31)32)18-7-5-8-19(17-18)43-28(33,34)35/h5,7-10,17,42H,6,11-16H2,1-4H3. The van der Waals surface area contributed by atoms with Gasteiger partial charge >= 0.3 is 12.5 Å². The molecule has 15 heteroatoms. The van der Waals surface area contributed by atoms with Crippen molar-refractivity contribution in [2.75, 3.05) is 45.7 Å². The first kappa shape index (κ1) is 34.2. The molecule has 0 aliphatic carbocycles. The molecule has 2 amide bonds. The molecule has 8 nitrogen and oxygen atoms in total. The van der Waals surface area contributed by atoms with E-state index in [4.69, 9.17) is 11.6 Å². The Kier molecular flexibility index (Phi) is 10.2. The number of halogens is 7. The number of likely N-dealkylation sites (N-methyl/N-ethyl adjacent to an activating group) is 1. The summed E-state index contributed by atoms with van der Waals surface area (Å²) in [5, 5.41) is 10.7. The normalized spacial score (nSPS) is 16.8. The molecule has 2 aromatic rings. The number of carbonyl (C=O) groups is 2. The van der Waals surface area contributed by atoms with Gasteiger partial charge in [0.15, 0.2) is 0 Å². The summed E-state index contributed by atoms with van der Waals surface area (Å²) in [6.45, 7) is 3.12. The Labute approximate surface area is 250 Å². The lowest BCUT2D eigenvalue weighted by molar-refractivity contribution is -0.274. The van der Waals surface area contributed by atoms with Crippen molar-refractivity contribution in [3.05, 3.63) is 52.7 Å². The molecule has 2 heterocycles. The van der Waals surface area contributed by atoms with Crippen LogP contribution in [0.5, 0.6) is 5.75 Å². The highest BCUT2D eigenvalue weighted by Crippen LogP contribution is 2.42. The number of hydrogen-bond donors (Lipinski definition) is 1. The van der Waals surface area contributed by atoms with Crippen molar-refractivity contribution in [2.24, 2.45) is 5.41 Å². The van der Waals surface area contributed by atoms with Crippen molar-refractivity contribution in [3.63, 3.8) is 0 Å². The predicted octanol–water partition coefficient (Wildman–Crippen LogP) is 5.63. The van der Waals surface area contributed by atoms with Gasteiger partial charge in [-0.1, -0.05) is 30.7 Å². The lowest BCUT2D eigenvalue weighted by Crippen LogP contribution is -2.55. The number of anilines is 1. The molecule has 1 fully saturated rings. The molecule has 0 spiro atoms. The second kappa shape index (κ2) is 12.8. The van der Waals surface area contributed by atoms with Crippen LogP contribution in [0.4, 0.5) is 32.2 Å². The van der Waals surface area contributed by atoms with E-state index in [1.165, 1.54) is 4.90 Å². The zero-order chi connectivity index (χ0) is 32.4. The van der Waals surface area contributed by atoms with Gasteiger partial charge in [-0.2, -0.15) is 13.2 Å². The molecule has 3 rings (SSSR count). The van der Waals surface area contributed by atoms with Crippen LogP contribution in [0, 0.1) is 5.41 Å². The van der Waals surface area contributed by atoms with Crippen LogP contribution in [0.2, 0.25) is 5.15 Å². The Hall–Kier alpha value is -3.26. The third-order valence-corrected chi connectivity index (χ3v) is 7.88. The lowest BCUT2D eigenvalue weighted by Gasteiger charge is -2.40. The number of rotatable bonds is 9. The molecule has 0 saturated carbocycles. The van der Waals surface area contributed by atoms with Crippen molar-refractivity contribution in [2.45, 2.75) is 50.7 Å². The number of piperidine rings is 1. The van der Waals surface area contributed by atoms with Gasteiger partial charge < -0.3 is 24.5 Å². The van der Waals surface area contributed by atoms with Gasteiger partial charge in [-0.05, 0) is 55.4 Å². The predicted molar refractivity (Wildman–Crippen MR) is 147 cm³/mol.